The molecule has 8 nitrogen and oxygen atoms in total. The number of hydrogen-bond acceptors (Lipinski definition) is 4. The fraction of sp³-hybridized carbons (Fsp3) is 0.143. The molecule has 29 heavy (non-hydrogen) atoms. The van der Waals surface area contributed by atoms with Crippen molar-refractivity contribution in [3.8, 4) is 0 Å². The van der Waals surface area contributed by atoms with Gasteiger partial charge in [0, 0.05) is 29.2 Å². The van der Waals surface area contributed by atoms with E-state index < -0.39 is 29.7 Å². The maximum atomic E-state index is 13.0. The third kappa shape index (κ3) is 3.36. The van der Waals surface area contributed by atoms with Gasteiger partial charge in [-0.05, 0) is 42.8 Å². The first-order valence-corrected chi connectivity index (χ1v) is 9.09. The maximum Gasteiger partial charge on any atom is 0.262 e. The van der Waals surface area contributed by atoms with Crippen LogP contribution in [0.2, 0.25) is 0 Å². The van der Waals surface area contributed by atoms with E-state index in [1.165, 1.54) is 0 Å². The van der Waals surface area contributed by atoms with Crippen LogP contribution in [0.4, 0.5) is 5.69 Å². The van der Waals surface area contributed by atoms with Crippen molar-refractivity contribution < 1.29 is 19.2 Å². The molecule has 4 rings (SSSR count). The molecular formula is C21H18N4O4. The predicted octanol–water partition coefficient (Wildman–Crippen LogP) is 2.04. The Labute approximate surface area is 165 Å². The first kappa shape index (κ1) is 18.4. The van der Waals surface area contributed by atoms with Crippen molar-refractivity contribution in [3.63, 3.8) is 0 Å². The van der Waals surface area contributed by atoms with E-state index in [9.17, 15) is 19.2 Å². The summed E-state index contributed by atoms with van der Waals surface area (Å²) in [5.74, 6) is -2.29. The molecule has 0 radical (unpaired) electrons. The average molecular weight is 390 g/mol. The summed E-state index contributed by atoms with van der Waals surface area (Å²) in [5, 5.41) is 3.64. The highest BCUT2D eigenvalue weighted by molar-refractivity contribution is 6.23. The summed E-state index contributed by atoms with van der Waals surface area (Å²) in [6, 6.07) is 12.4. The number of amides is 4. The number of carbonyl (C=O) groups is 4. The Kier molecular flexibility index (Phi) is 4.59. The number of carbonyl (C=O) groups excluding carboxylic acids is 4. The molecule has 8 heteroatoms. The number of rotatable bonds is 6. The Bertz CT molecular complexity index is 1120. The molecule has 0 saturated carbocycles. The summed E-state index contributed by atoms with van der Waals surface area (Å²) in [4.78, 5) is 53.9. The molecule has 1 unspecified atom stereocenters. The highest BCUT2D eigenvalue weighted by atomic mass is 16.2. The highest BCUT2D eigenvalue weighted by Crippen LogP contribution is 2.27. The molecule has 0 bridgehead atoms. The van der Waals surface area contributed by atoms with E-state index in [1.54, 1.807) is 42.6 Å². The molecular weight excluding hydrogens is 372 g/mol. The van der Waals surface area contributed by atoms with Crippen molar-refractivity contribution in [2.45, 2.75) is 18.9 Å². The molecule has 1 aliphatic heterocycles. The van der Waals surface area contributed by atoms with E-state index in [0.717, 1.165) is 15.8 Å². The minimum atomic E-state index is -1.16. The number of H-pyrrole nitrogens is 1. The molecule has 4 amide bonds. The number of benzene rings is 2. The Morgan fingerprint density at radius 3 is 2.38 bits per heavy atom. The van der Waals surface area contributed by atoms with Crippen LogP contribution in [0.1, 0.15) is 33.6 Å². The van der Waals surface area contributed by atoms with Crippen molar-refractivity contribution >= 4 is 40.2 Å². The number of hydrogen-bond donors (Lipinski definition) is 3. The van der Waals surface area contributed by atoms with E-state index >= 15 is 0 Å². The van der Waals surface area contributed by atoms with Crippen LogP contribution >= 0.6 is 0 Å². The number of imide groups is 1. The first-order valence-electron chi connectivity index (χ1n) is 9.09. The molecule has 4 N–H and O–H groups in total. The standard InChI is InChI=1S/C21H18N4O4/c22-18(26)8-7-17(25-20(28)14-3-1-2-4-15(14)21(25)29)19(27)24-13-5-6-16-12(11-13)9-10-23-16/h1-6,9-11,17,23H,7-8H2,(H2,22,26)(H,24,27). The highest BCUT2D eigenvalue weighted by Gasteiger charge is 2.42. The molecule has 3 aromatic rings. The Hall–Kier alpha value is -3.94. The fourth-order valence-corrected chi connectivity index (χ4v) is 3.50. The van der Waals surface area contributed by atoms with Gasteiger partial charge in [-0.2, -0.15) is 0 Å². The monoisotopic (exact) mass is 390 g/mol. The molecule has 146 valence electrons. The van der Waals surface area contributed by atoms with Crippen molar-refractivity contribution in [3.05, 3.63) is 65.9 Å². The van der Waals surface area contributed by atoms with Gasteiger partial charge in [0.25, 0.3) is 11.8 Å². The van der Waals surface area contributed by atoms with E-state index in [-0.39, 0.29) is 24.0 Å². The second-order valence-corrected chi connectivity index (χ2v) is 6.82. The molecule has 0 saturated heterocycles. The number of anilines is 1. The van der Waals surface area contributed by atoms with Crippen LogP contribution in [0.3, 0.4) is 0 Å². The van der Waals surface area contributed by atoms with Crippen LogP contribution in [0.15, 0.2) is 54.7 Å². The third-order valence-corrected chi connectivity index (χ3v) is 4.92. The lowest BCUT2D eigenvalue weighted by Gasteiger charge is -2.25. The summed E-state index contributed by atoms with van der Waals surface area (Å²) in [5.41, 5.74) is 7.14. The molecule has 2 aromatic carbocycles. The molecule has 0 spiro atoms. The largest absolute Gasteiger partial charge is 0.370 e. The lowest BCUT2D eigenvalue weighted by molar-refractivity contribution is -0.121. The van der Waals surface area contributed by atoms with Crippen molar-refractivity contribution in [2.75, 3.05) is 5.32 Å². The van der Waals surface area contributed by atoms with Gasteiger partial charge in [0.1, 0.15) is 6.04 Å². The summed E-state index contributed by atoms with van der Waals surface area (Å²) in [6.45, 7) is 0. The number of nitrogens with one attached hydrogen (secondary N) is 2. The number of fused-ring (bicyclic) bond motifs is 2. The van der Waals surface area contributed by atoms with Crippen LogP contribution in [0.25, 0.3) is 10.9 Å². The first-order chi connectivity index (χ1) is 14.0. The number of nitrogens with zero attached hydrogens (tertiary/aromatic N) is 1. The van der Waals surface area contributed by atoms with Gasteiger partial charge in [-0.25, -0.2) is 0 Å². The predicted molar refractivity (Wildman–Crippen MR) is 106 cm³/mol. The number of aromatic nitrogens is 1. The van der Waals surface area contributed by atoms with Gasteiger partial charge in [0.15, 0.2) is 0 Å². The summed E-state index contributed by atoms with van der Waals surface area (Å²) >= 11 is 0. The Morgan fingerprint density at radius 2 is 1.72 bits per heavy atom. The van der Waals surface area contributed by atoms with Gasteiger partial charge in [-0.3, -0.25) is 24.1 Å². The van der Waals surface area contributed by atoms with Gasteiger partial charge in [0.2, 0.25) is 11.8 Å². The number of nitrogens with two attached hydrogens (primary N) is 1. The van der Waals surface area contributed by atoms with Gasteiger partial charge in [-0.1, -0.05) is 12.1 Å². The van der Waals surface area contributed by atoms with E-state index in [0.29, 0.717) is 5.69 Å². The second kappa shape index (κ2) is 7.23. The average Bonchev–Trinajstić information content (AvgIpc) is 3.26. The number of primary amides is 1. The molecule has 1 aliphatic rings. The van der Waals surface area contributed by atoms with Crippen molar-refractivity contribution in [2.24, 2.45) is 5.73 Å². The SMILES string of the molecule is NC(=O)CCC(C(=O)Nc1ccc2[nH]ccc2c1)N1C(=O)c2ccccc2C1=O. The second-order valence-electron chi connectivity index (χ2n) is 6.82. The van der Waals surface area contributed by atoms with Gasteiger partial charge in [-0.15, -0.1) is 0 Å². The quantitative estimate of drug-likeness (QED) is 0.557. The van der Waals surface area contributed by atoms with Crippen LogP contribution in [-0.4, -0.2) is 39.6 Å². The van der Waals surface area contributed by atoms with Crippen molar-refractivity contribution in [1.82, 2.24) is 9.88 Å². The minimum absolute atomic E-state index is 0.0565. The van der Waals surface area contributed by atoms with Crippen LogP contribution < -0.4 is 11.1 Å². The zero-order chi connectivity index (χ0) is 20.5. The zero-order valence-corrected chi connectivity index (χ0v) is 15.3. The van der Waals surface area contributed by atoms with E-state index in [4.69, 9.17) is 5.73 Å². The number of aromatic amines is 1. The lowest BCUT2D eigenvalue weighted by atomic mass is 10.1. The van der Waals surface area contributed by atoms with Crippen LogP contribution in [0, 0.1) is 0 Å². The van der Waals surface area contributed by atoms with Gasteiger partial charge in [0.05, 0.1) is 11.1 Å². The summed E-state index contributed by atoms with van der Waals surface area (Å²) in [7, 11) is 0. The molecule has 0 fully saturated rings. The molecule has 2 heterocycles. The lowest BCUT2D eigenvalue weighted by Crippen LogP contribution is -2.47. The molecule has 0 aliphatic carbocycles. The Morgan fingerprint density at radius 1 is 1.03 bits per heavy atom. The van der Waals surface area contributed by atoms with E-state index in [1.807, 2.05) is 12.1 Å². The van der Waals surface area contributed by atoms with Crippen LogP contribution in [-0.2, 0) is 9.59 Å². The van der Waals surface area contributed by atoms with Crippen LogP contribution in [0.5, 0.6) is 0 Å². The normalized spacial score (nSPS) is 14.1. The third-order valence-electron chi connectivity index (χ3n) is 4.92. The topological polar surface area (TPSA) is 125 Å². The summed E-state index contributed by atoms with van der Waals surface area (Å²) in [6.07, 6.45) is 1.59. The van der Waals surface area contributed by atoms with Crippen molar-refractivity contribution in [1.29, 1.82) is 0 Å². The molecule has 1 aromatic heterocycles. The fourth-order valence-electron chi connectivity index (χ4n) is 3.50. The van der Waals surface area contributed by atoms with Gasteiger partial charge >= 0.3 is 0 Å². The Balaban J connectivity index is 1.63. The smallest absolute Gasteiger partial charge is 0.262 e. The minimum Gasteiger partial charge on any atom is -0.370 e. The van der Waals surface area contributed by atoms with Gasteiger partial charge < -0.3 is 16.0 Å². The molecule has 1 atom stereocenters. The zero-order valence-electron chi connectivity index (χ0n) is 15.3. The maximum absolute atomic E-state index is 13.0. The van der Waals surface area contributed by atoms with E-state index in [2.05, 4.69) is 10.3 Å². The summed E-state index contributed by atoms with van der Waals surface area (Å²) < 4.78 is 0.